The molecule has 0 radical (unpaired) electrons. The summed E-state index contributed by atoms with van der Waals surface area (Å²) in [5, 5.41) is 20.8. The van der Waals surface area contributed by atoms with Crippen LogP contribution in [-0.4, -0.2) is 27.1 Å². The van der Waals surface area contributed by atoms with E-state index >= 15 is 0 Å². The molecular formula is C14H12N2O5. The second kappa shape index (κ2) is 5.91. The minimum Gasteiger partial charge on any atom is -0.494 e. The fourth-order valence-corrected chi connectivity index (χ4v) is 1.81. The van der Waals surface area contributed by atoms with Crippen LogP contribution >= 0.6 is 0 Å². The lowest BCUT2D eigenvalue weighted by Gasteiger charge is -2.14. The van der Waals surface area contributed by atoms with Crippen LogP contribution < -0.4 is 10.9 Å². The van der Waals surface area contributed by atoms with Crippen molar-refractivity contribution in [1.29, 1.82) is 0 Å². The predicted octanol–water partition coefficient (Wildman–Crippen LogP) is 0.636. The van der Waals surface area contributed by atoms with Gasteiger partial charge >= 0.3 is 5.97 Å². The van der Waals surface area contributed by atoms with Crippen LogP contribution in [0.5, 0.6) is 5.88 Å². The van der Waals surface area contributed by atoms with Gasteiger partial charge in [-0.3, -0.25) is 14.6 Å². The summed E-state index contributed by atoms with van der Waals surface area (Å²) in [5.41, 5.74) is -0.391. The second-order valence-electron chi connectivity index (χ2n) is 4.27. The third-order valence-corrected chi connectivity index (χ3v) is 2.75. The number of carbonyl (C=O) groups excluding carboxylic acids is 1. The van der Waals surface area contributed by atoms with Gasteiger partial charge in [-0.15, -0.1) is 0 Å². The molecule has 108 valence electrons. The monoisotopic (exact) mass is 288 g/mol. The minimum absolute atomic E-state index is 0.126. The van der Waals surface area contributed by atoms with Crippen LogP contribution in [0.1, 0.15) is 22.0 Å². The maximum Gasteiger partial charge on any atom is 0.330 e. The second-order valence-corrected chi connectivity index (χ2v) is 4.27. The SMILES string of the molecule is O=C(NC(C(=O)O)c1ccccc1)c1cc(O)[nH]c(=O)c1. The number of aromatic hydroxyl groups is 1. The number of benzene rings is 1. The highest BCUT2D eigenvalue weighted by molar-refractivity contribution is 5.96. The number of aromatic nitrogens is 1. The molecule has 0 spiro atoms. The largest absolute Gasteiger partial charge is 0.494 e. The van der Waals surface area contributed by atoms with E-state index in [0.29, 0.717) is 5.56 Å². The summed E-state index contributed by atoms with van der Waals surface area (Å²) in [6.07, 6.45) is 0. The summed E-state index contributed by atoms with van der Waals surface area (Å²) in [7, 11) is 0. The Morgan fingerprint density at radius 1 is 1.14 bits per heavy atom. The molecule has 0 aliphatic heterocycles. The molecule has 1 atom stereocenters. The van der Waals surface area contributed by atoms with E-state index < -0.39 is 29.4 Å². The molecule has 4 N–H and O–H groups in total. The van der Waals surface area contributed by atoms with Crippen molar-refractivity contribution in [3.63, 3.8) is 0 Å². The molecule has 7 nitrogen and oxygen atoms in total. The quantitative estimate of drug-likeness (QED) is 0.658. The van der Waals surface area contributed by atoms with Crippen molar-refractivity contribution >= 4 is 11.9 Å². The van der Waals surface area contributed by atoms with Crippen molar-refractivity contribution in [2.75, 3.05) is 0 Å². The minimum atomic E-state index is -1.25. The number of pyridine rings is 1. The van der Waals surface area contributed by atoms with Crippen molar-refractivity contribution in [1.82, 2.24) is 10.3 Å². The topological polar surface area (TPSA) is 119 Å². The molecule has 2 aromatic rings. The Morgan fingerprint density at radius 2 is 1.81 bits per heavy atom. The molecule has 0 aliphatic rings. The Labute approximate surface area is 118 Å². The van der Waals surface area contributed by atoms with Crippen LogP contribution in [0.15, 0.2) is 47.3 Å². The number of carbonyl (C=O) groups is 2. The van der Waals surface area contributed by atoms with Crippen LogP contribution in [0.25, 0.3) is 0 Å². The van der Waals surface area contributed by atoms with E-state index in [1.807, 2.05) is 0 Å². The molecule has 7 heteroatoms. The number of carboxylic acid groups (broad SMARTS) is 1. The highest BCUT2D eigenvalue weighted by Gasteiger charge is 2.22. The van der Waals surface area contributed by atoms with Crippen molar-refractivity contribution in [3.8, 4) is 5.88 Å². The van der Waals surface area contributed by atoms with Gasteiger partial charge in [0, 0.05) is 12.1 Å². The lowest BCUT2D eigenvalue weighted by molar-refractivity contribution is -0.139. The van der Waals surface area contributed by atoms with Gasteiger partial charge in [0.05, 0.1) is 5.56 Å². The Balaban J connectivity index is 2.27. The molecule has 1 aromatic carbocycles. The highest BCUT2D eigenvalue weighted by Crippen LogP contribution is 2.14. The van der Waals surface area contributed by atoms with E-state index in [-0.39, 0.29) is 5.56 Å². The Morgan fingerprint density at radius 3 is 2.38 bits per heavy atom. The van der Waals surface area contributed by atoms with E-state index in [0.717, 1.165) is 12.1 Å². The number of rotatable bonds is 4. The van der Waals surface area contributed by atoms with Crippen LogP contribution in [0.4, 0.5) is 0 Å². The van der Waals surface area contributed by atoms with Crippen molar-refractivity contribution in [2.24, 2.45) is 0 Å². The molecule has 1 amide bonds. The molecule has 0 aliphatic carbocycles. The average Bonchev–Trinajstić information content (AvgIpc) is 2.44. The third kappa shape index (κ3) is 3.47. The maximum absolute atomic E-state index is 12.0. The third-order valence-electron chi connectivity index (χ3n) is 2.75. The molecule has 0 saturated carbocycles. The highest BCUT2D eigenvalue weighted by atomic mass is 16.4. The first-order valence-corrected chi connectivity index (χ1v) is 5.99. The Kier molecular flexibility index (Phi) is 4.03. The van der Waals surface area contributed by atoms with E-state index in [4.69, 9.17) is 0 Å². The normalized spacial score (nSPS) is 11.6. The first kappa shape index (κ1) is 14.3. The van der Waals surface area contributed by atoms with Crippen molar-refractivity contribution in [2.45, 2.75) is 6.04 Å². The van der Waals surface area contributed by atoms with Crippen LogP contribution in [0.2, 0.25) is 0 Å². The van der Waals surface area contributed by atoms with Crippen molar-refractivity contribution < 1.29 is 19.8 Å². The number of aromatic amines is 1. The number of aliphatic carboxylic acids is 1. The summed E-state index contributed by atoms with van der Waals surface area (Å²) in [5.74, 6) is -2.48. The predicted molar refractivity (Wildman–Crippen MR) is 73.0 cm³/mol. The zero-order chi connectivity index (χ0) is 15.4. The molecule has 0 fully saturated rings. The summed E-state index contributed by atoms with van der Waals surface area (Å²) in [6.45, 7) is 0. The molecule has 0 saturated heterocycles. The van der Waals surface area contributed by atoms with Gasteiger partial charge in [-0.1, -0.05) is 30.3 Å². The number of carboxylic acids is 1. The van der Waals surface area contributed by atoms with E-state index in [9.17, 15) is 24.6 Å². The summed E-state index contributed by atoms with van der Waals surface area (Å²) < 4.78 is 0. The Hall–Kier alpha value is -3.09. The summed E-state index contributed by atoms with van der Waals surface area (Å²) in [6, 6.07) is 8.91. The fraction of sp³-hybridized carbons (Fsp3) is 0.0714. The first-order chi connectivity index (χ1) is 9.97. The van der Waals surface area contributed by atoms with Gasteiger partial charge in [0.25, 0.3) is 11.5 Å². The summed E-state index contributed by atoms with van der Waals surface area (Å²) >= 11 is 0. The number of nitrogens with one attached hydrogen (secondary N) is 2. The summed E-state index contributed by atoms with van der Waals surface area (Å²) in [4.78, 5) is 36.5. The lowest BCUT2D eigenvalue weighted by Crippen LogP contribution is -2.34. The molecule has 21 heavy (non-hydrogen) atoms. The lowest BCUT2D eigenvalue weighted by atomic mass is 10.1. The van der Waals surface area contributed by atoms with E-state index in [1.54, 1.807) is 30.3 Å². The fourth-order valence-electron chi connectivity index (χ4n) is 1.81. The van der Waals surface area contributed by atoms with Gasteiger partial charge in [0.2, 0.25) is 0 Å². The average molecular weight is 288 g/mol. The van der Waals surface area contributed by atoms with Gasteiger partial charge in [-0.25, -0.2) is 4.79 Å². The van der Waals surface area contributed by atoms with Gasteiger partial charge < -0.3 is 15.5 Å². The number of hydrogen-bond donors (Lipinski definition) is 4. The van der Waals surface area contributed by atoms with Crippen LogP contribution in [-0.2, 0) is 4.79 Å². The van der Waals surface area contributed by atoms with E-state index in [2.05, 4.69) is 10.3 Å². The molecule has 2 rings (SSSR count). The molecule has 1 heterocycles. The molecule has 0 bridgehead atoms. The van der Waals surface area contributed by atoms with Crippen LogP contribution in [0.3, 0.4) is 0 Å². The van der Waals surface area contributed by atoms with E-state index in [1.165, 1.54) is 0 Å². The molecule has 1 unspecified atom stereocenters. The standard InChI is InChI=1S/C14H12N2O5/c17-10-6-9(7-11(18)15-10)13(19)16-12(14(20)21)8-4-2-1-3-5-8/h1-7,12H,(H,16,19)(H,20,21)(H2,15,17,18). The Bertz CT molecular complexity index is 724. The van der Waals surface area contributed by atoms with Gasteiger partial charge in [-0.2, -0.15) is 0 Å². The first-order valence-electron chi connectivity index (χ1n) is 5.99. The van der Waals surface area contributed by atoms with Gasteiger partial charge in [-0.05, 0) is 5.56 Å². The smallest absolute Gasteiger partial charge is 0.330 e. The molecular weight excluding hydrogens is 276 g/mol. The number of H-pyrrole nitrogens is 1. The van der Waals surface area contributed by atoms with Gasteiger partial charge in [0.1, 0.15) is 0 Å². The number of amides is 1. The maximum atomic E-state index is 12.0. The zero-order valence-electron chi connectivity index (χ0n) is 10.7. The van der Waals surface area contributed by atoms with Gasteiger partial charge in [0.15, 0.2) is 11.9 Å². The number of hydrogen-bond acceptors (Lipinski definition) is 4. The molecule has 1 aromatic heterocycles. The van der Waals surface area contributed by atoms with Crippen LogP contribution in [0, 0.1) is 0 Å². The zero-order valence-corrected chi connectivity index (χ0v) is 10.7. The van der Waals surface area contributed by atoms with Crippen molar-refractivity contribution in [3.05, 3.63) is 63.9 Å².